The molecule has 4 heteroatoms. The molecule has 1 N–H and O–H groups in total. The van der Waals surface area contributed by atoms with Crippen molar-refractivity contribution in [3.63, 3.8) is 0 Å². The van der Waals surface area contributed by atoms with Crippen LogP contribution in [0.15, 0.2) is 91.0 Å². The lowest BCUT2D eigenvalue weighted by molar-refractivity contribution is -0.0171. The third kappa shape index (κ3) is 5.70. The lowest BCUT2D eigenvalue weighted by Crippen LogP contribution is -2.08. The van der Waals surface area contributed by atoms with Crippen LogP contribution in [0.1, 0.15) is 79.7 Å². The van der Waals surface area contributed by atoms with Crippen molar-refractivity contribution < 1.29 is 19.3 Å². The highest BCUT2D eigenvalue weighted by molar-refractivity contribution is 6.16. The molecule has 4 nitrogen and oxygen atoms in total. The third-order valence-electron chi connectivity index (χ3n) is 8.77. The number of allylic oxidation sites excluding steroid dienone is 2. The van der Waals surface area contributed by atoms with E-state index in [0.29, 0.717) is 18.3 Å². The SMILES string of the molecule is CCCCCOc1ccc(C=CC2=C(OCC(C)C)c3cccc4c(OC(O)c5ccc6c7c(cccc57)C=C6)ccc2c34)cc1. The number of benzene rings is 5. The zero-order chi connectivity index (χ0) is 31.6. The molecule has 0 aliphatic heterocycles. The second-order valence-electron chi connectivity index (χ2n) is 12.6. The van der Waals surface area contributed by atoms with Gasteiger partial charge >= 0.3 is 0 Å². The third-order valence-corrected chi connectivity index (χ3v) is 8.77. The van der Waals surface area contributed by atoms with E-state index in [2.05, 4.69) is 93.6 Å². The van der Waals surface area contributed by atoms with Gasteiger partial charge < -0.3 is 19.3 Å². The van der Waals surface area contributed by atoms with E-state index in [9.17, 15) is 5.11 Å². The van der Waals surface area contributed by atoms with E-state index < -0.39 is 6.29 Å². The lowest BCUT2D eigenvalue weighted by Gasteiger charge is -2.18. The van der Waals surface area contributed by atoms with Gasteiger partial charge in [0.15, 0.2) is 0 Å². The van der Waals surface area contributed by atoms with Crippen LogP contribution in [0, 0.1) is 5.92 Å². The minimum absolute atomic E-state index is 0.382. The van der Waals surface area contributed by atoms with Crippen molar-refractivity contribution in [3.8, 4) is 11.5 Å². The summed E-state index contributed by atoms with van der Waals surface area (Å²) in [6, 6.07) is 28.7. The van der Waals surface area contributed by atoms with Crippen molar-refractivity contribution in [1.82, 2.24) is 0 Å². The minimum Gasteiger partial charge on any atom is -0.494 e. The van der Waals surface area contributed by atoms with E-state index >= 15 is 0 Å². The standard InChI is InChI=1S/C42H40O4/c1-4-5-6-25-44-31-19-13-28(14-20-31)15-21-34-33-23-24-38(36-11-8-12-37(40(33)36)41(34)45-26-27(2)3)46-42(43)35-22-18-30-17-16-29-9-7-10-32(35)39(29)30/h7-24,27,42-43H,4-6,25-26H2,1-3H3. The van der Waals surface area contributed by atoms with E-state index in [-0.39, 0.29) is 0 Å². The van der Waals surface area contributed by atoms with E-state index in [1.807, 2.05) is 36.4 Å². The first-order valence-electron chi connectivity index (χ1n) is 16.4. The zero-order valence-corrected chi connectivity index (χ0v) is 26.8. The number of rotatable bonds is 13. The van der Waals surface area contributed by atoms with Gasteiger partial charge in [-0.3, -0.25) is 0 Å². The van der Waals surface area contributed by atoms with Crippen molar-refractivity contribution >= 4 is 51.1 Å². The molecule has 5 aromatic rings. The maximum Gasteiger partial charge on any atom is 0.224 e. The van der Waals surface area contributed by atoms with Gasteiger partial charge in [0.1, 0.15) is 17.3 Å². The fraction of sp³-hybridized carbons (Fsp3) is 0.238. The Morgan fingerprint density at radius 2 is 1.50 bits per heavy atom. The Morgan fingerprint density at radius 1 is 0.717 bits per heavy atom. The highest BCUT2D eigenvalue weighted by atomic mass is 16.6. The lowest BCUT2D eigenvalue weighted by atomic mass is 9.98. The average molecular weight is 609 g/mol. The van der Waals surface area contributed by atoms with Crippen molar-refractivity contribution in [3.05, 3.63) is 124 Å². The summed E-state index contributed by atoms with van der Waals surface area (Å²) in [7, 11) is 0. The number of unbranched alkanes of at least 4 members (excludes halogenated alkanes) is 2. The summed E-state index contributed by atoms with van der Waals surface area (Å²) in [4.78, 5) is 0. The van der Waals surface area contributed by atoms with Crippen molar-refractivity contribution in [2.45, 2.75) is 46.3 Å². The van der Waals surface area contributed by atoms with Crippen LogP contribution in [-0.4, -0.2) is 18.3 Å². The molecule has 1 unspecified atom stereocenters. The van der Waals surface area contributed by atoms with Gasteiger partial charge in [0.2, 0.25) is 6.29 Å². The van der Waals surface area contributed by atoms with Gasteiger partial charge in [-0.2, -0.15) is 0 Å². The fourth-order valence-electron chi connectivity index (χ4n) is 6.47. The molecule has 2 aliphatic carbocycles. The Hall–Kier alpha value is -4.80. The molecule has 0 spiro atoms. The van der Waals surface area contributed by atoms with E-state index in [0.717, 1.165) is 73.9 Å². The van der Waals surface area contributed by atoms with Gasteiger partial charge in [0, 0.05) is 27.5 Å². The molecule has 232 valence electrons. The Bertz CT molecular complexity index is 1980. The summed E-state index contributed by atoms with van der Waals surface area (Å²) in [6.07, 6.45) is 10.8. The number of hydrogen-bond donors (Lipinski definition) is 1. The molecular formula is C42H40O4. The predicted octanol–water partition coefficient (Wildman–Crippen LogP) is 10.7. The molecule has 0 saturated carbocycles. The first-order chi connectivity index (χ1) is 22.5. The molecule has 1 atom stereocenters. The van der Waals surface area contributed by atoms with Crippen molar-refractivity contribution in [1.29, 1.82) is 0 Å². The first-order valence-corrected chi connectivity index (χ1v) is 16.4. The van der Waals surface area contributed by atoms with Gasteiger partial charge in [-0.25, -0.2) is 0 Å². The molecule has 0 radical (unpaired) electrons. The van der Waals surface area contributed by atoms with Gasteiger partial charge in [-0.15, -0.1) is 0 Å². The second kappa shape index (κ2) is 12.9. The molecule has 0 saturated heterocycles. The normalized spacial score (nSPS) is 13.9. The van der Waals surface area contributed by atoms with Crippen LogP contribution in [-0.2, 0) is 4.74 Å². The summed E-state index contributed by atoms with van der Waals surface area (Å²) >= 11 is 0. The highest BCUT2D eigenvalue weighted by Crippen LogP contribution is 2.47. The Kier molecular flexibility index (Phi) is 8.38. The fourth-order valence-corrected chi connectivity index (χ4v) is 6.47. The van der Waals surface area contributed by atoms with Gasteiger partial charge in [0.05, 0.1) is 13.2 Å². The molecule has 0 fully saturated rings. The quantitative estimate of drug-likeness (QED) is 0.105. The van der Waals surface area contributed by atoms with Gasteiger partial charge in [0.25, 0.3) is 0 Å². The number of ether oxygens (including phenoxy) is 3. The monoisotopic (exact) mass is 608 g/mol. The molecule has 0 aromatic heterocycles. The summed E-state index contributed by atoms with van der Waals surface area (Å²) in [5, 5.41) is 15.6. The largest absolute Gasteiger partial charge is 0.494 e. The first kappa shape index (κ1) is 29.9. The topological polar surface area (TPSA) is 47.9 Å². The van der Waals surface area contributed by atoms with Gasteiger partial charge in [-0.05, 0) is 69.6 Å². The maximum absolute atomic E-state index is 11.4. The van der Waals surface area contributed by atoms with E-state index in [1.165, 1.54) is 24.0 Å². The van der Waals surface area contributed by atoms with Crippen LogP contribution in [0.5, 0.6) is 11.5 Å². The van der Waals surface area contributed by atoms with E-state index in [1.54, 1.807) is 0 Å². The molecule has 0 bridgehead atoms. The summed E-state index contributed by atoms with van der Waals surface area (Å²) in [5.74, 6) is 2.79. The van der Waals surface area contributed by atoms with Crippen LogP contribution in [0.25, 0.3) is 51.1 Å². The minimum atomic E-state index is -1.12. The van der Waals surface area contributed by atoms with Crippen LogP contribution in [0.2, 0.25) is 0 Å². The summed E-state index contributed by atoms with van der Waals surface area (Å²) in [5.41, 5.74) is 7.35. The van der Waals surface area contributed by atoms with Crippen LogP contribution in [0.4, 0.5) is 0 Å². The Morgan fingerprint density at radius 3 is 2.30 bits per heavy atom. The van der Waals surface area contributed by atoms with Crippen molar-refractivity contribution in [2.24, 2.45) is 5.92 Å². The number of hydrogen-bond acceptors (Lipinski definition) is 4. The molecular weight excluding hydrogens is 568 g/mol. The molecule has 0 heterocycles. The molecule has 46 heavy (non-hydrogen) atoms. The average Bonchev–Trinajstić information content (AvgIpc) is 3.63. The van der Waals surface area contributed by atoms with Crippen molar-refractivity contribution in [2.75, 3.05) is 13.2 Å². The summed E-state index contributed by atoms with van der Waals surface area (Å²) in [6.45, 7) is 7.88. The smallest absolute Gasteiger partial charge is 0.224 e. The molecule has 5 aromatic carbocycles. The van der Waals surface area contributed by atoms with Crippen LogP contribution in [0.3, 0.4) is 0 Å². The van der Waals surface area contributed by atoms with Crippen LogP contribution >= 0.6 is 0 Å². The Balaban J connectivity index is 1.19. The predicted molar refractivity (Wildman–Crippen MR) is 191 cm³/mol. The number of aliphatic hydroxyl groups excluding tert-OH is 1. The molecule has 2 aliphatic rings. The number of aliphatic hydroxyl groups is 1. The maximum atomic E-state index is 11.4. The van der Waals surface area contributed by atoms with Crippen LogP contribution < -0.4 is 9.47 Å². The second-order valence-corrected chi connectivity index (χ2v) is 12.6. The zero-order valence-electron chi connectivity index (χ0n) is 26.8. The summed E-state index contributed by atoms with van der Waals surface area (Å²) < 4.78 is 18.8. The van der Waals surface area contributed by atoms with Gasteiger partial charge in [-0.1, -0.05) is 119 Å². The molecule has 7 rings (SSSR count). The highest BCUT2D eigenvalue weighted by Gasteiger charge is 2.27. The Labute approximate surface area is 271 Å². The molecule has 0 amide bonds. The van der Waals surface area contributed by atoms with E-state index in [4.69, 9.17) is 14.2 Å².